The Balaban J connectivity index is 1.79. The summed E-state index contributed by atoms with van der Waals surface area (Å²) < 4.78 is 5.68. The molecule has 0 bridgehead atoms. The number of methoxy groups -OCH3 is 1. The third-order valence-corrected chi connectivity index (χ3v) is 6.23. The fourth-order valence-electron chi connectivity index (χ4n) is 3.30. The fraction of sp³-hybridized carbons (Fsp3) is 0.0800. The molecule has 2 unspecified atom stereocenters. The predicted octanol–water partition coefficient (Wildman–Crippen LogP) is 5.85. The van der Waals surface area contributed by atoms with Gasteiger partial charge >= 0.3 is 0 Å². The molecule has 4 rings (SSSR count). The lowest BCUT2D eigenvalue weighted by atomic mass is 10.1. The Kier molecular flexibility index (Phi) is 5.80. The summed E-state index contributed by atoms with van der Waals surface area (Å²) in [5, 5.41) is 1.31. The van der Waals surface area contributed by atoms with E-state index in [1.54, 1.807) is 7.11 Å². The van der Waals surface area contributed by atoms with Crippen LogP contribution in [0.4, 0.5) is 0 Å². The average Bonchev–Trinajstić information content (AvgIpc) is 2.79. The number of nitrogens with zero attached hydrogens (tertiary/aromatic N) is 1. The van der Waals surface area contributed by atoms with Crippen LogP contribution in [0.1, 0.15) is 16.9 Å². The third kappa shape index (κ3) is 4.13. The normalized spacial score (nSPS) is 12.2. The maximum absolute atomic E-state index is 5.68. The summed E-state index contributed by atoms with van der Waals surface area (Å²) in [7, 11) is 2.29. The standard InChI is InChI=1S/C25H22NOP/c1-27-24-18-9-8-15-21(24)25(28-20-13-6-3-7-14-20)23-17-10-16-22(26-23)19-11-4-2-5-12-19/h2-18,25,28H,1H3. The first-order valence-corrected chi connectivity index (χ1v) is 10.4. The van der Waals surface area contributed by atoms with E-state index in [-0.39, 0.29) is 5.66 Å². The van der Waals surface area contributed by atoms with Crippen LogP contribution in [-0.4, -0.2) is 12.1 Å². The molecule has 3 heteroatoms. The van der Waals surface area contributed by atoms with E-state index in [0.29, 0.717) is 8.58 Å². The molecule has 0 spiro atoms. The summed E-state index contributed by atoms with van der Waals surface area (Å²) in [6, 6.07) is 35.5. The topological polar surface area (TPSA) is 22.1 Å². The van der Waals surface area contributed by atoms with Crippen molar-refractivity contribution in [1.82, 2.24) is 4.98 Å². The molecular formula is C25H22NOP. The molecular weight excluding hydrogens is 361 g/mol. The fourth-order valence-corrected chi connectivity index (χ4v) is 4.72. The van der Waals surface area contributed by atoms with E-state index in [9.17, 15) is 0 Å². The Morgan fingerprint density at radius 1 is 0.714 bits per heavy atom. The molecule has 0 saturated heterocycles. The minimum atomic E-state index is 0.141. The van der Waals surface area contributed by atoms with Crippen LogP contribution < -0.4 is 10.0 Å². The zero-order chi connectivity index (χ0) is 19.2. The van der Waals surface area contributed by atoms with E-state index < -0.39 is 0 Å². The van der Waals surface area contributed by atoms with Crippen molar-refractivity contribution in [2.24, 2.45) is 0 Å². The Bertz CT molecular complexity index is 1030. The smallest absolute Gasteiger partial charge is 0.123 e. The molecule has 1 aromatic heterocycles. The van der Waals surface area contributed by atoms with Gasteiger partial charge in [0.05, 0.1) is 24.2 Å². The van der Waals surface area contributed by atoms with Gasteiger partial charge in [-0.25, -0.2) is 0 Å². The maximum Gasteiger partial charge on any atom is 0.123 e. The first-order chi connectivity index (χ1) is 13.8. The van der Waals surface area contributed by atoms with Gasteiger partial charge in [-0.3, -0.25) is 4.98 Å². The van der Waals surface area contributed by atoms with Gasteiger partial charge in [0.2, 0.25) is 0 Å². The van der Waals surface area contributed by atoms with Crippen molar-refractivity contribution in [3.05, 3.63) is 114 Å². The van der Waals surface area contributed by atoms with Crippen molar-refractivity contribution in [2.75, 3.05) is 7.11 Å². The summed E-state index contributed by atoms with van der Waals surface area (Å²) in [4.78, 5) is 5.04. The predicted molar refractivity (Wildman–Crippen MR) is 119 cm³/mol. The van der Waals surface area contributed by atoms with E-state index in [1.807, 2.05) is 30.3 Å². The van der Waals surface area contributed by atoms with Crippen molar-refractivity contribution in [3.8, 4) is 17.0 Å². The molecule has 28 heavy (non-hydrogen) atoms. The molecule has 3 aromatic carbocycles. The van der Waals surface area contributed by atoms with E-state index in [4.69, 9.17) is 9.72 Å². The van der Waals surface area contributed by atoms with Crippen LogP contribution in [0.15, 0.2) is 103 Å². The maximum atomic E-state index is 5.68. The molecule has 0 aliphatic rings. The Morgan fingerprint density at radius 2 is 1.39 bits per heavy atom. The average molecular weight is 383 g/mol. The van der Waals surface area contributed by atoms with Crippen LogP contribution >= 0.6 is 8.58 Å². The molecule has 0 aliphatic carbocycles. The molecule has 138 valence electrons. The number of rotatable bonds is 6. The van der Waals surface area contributed by atoms with E-state index in [0.717, 1.165) is 22.7 Å². The Labute approximate surface area is 168 Å². The first kappa shape index (κ1) is 18.4. The number of hydrogen-bond acceptors (Lipinski definition) is 2. The second-order valence-corrected chi connectivity index (χ2v) is 7.94. The molecule has 0 aliphatic heterocycles. The highest BCUT2D eigenvalue weighted by molar-refractivity contribution is 7.47. The zero-order valence-electron chi connectivity index (χ0n) is 15.7. The SMILES string of the molecule is COc1ccccc1C(Pc1ccccc1)c1cccc(-c2ccccc2)n1. The summed E-state index contributed by atoms with van der Waals surface area (Å²) in [5.74, 6) is 0.905. The monoisotopic (exact) mass is 383 g/mol. The molecule has 0 radical (unpaired) electrons. The van der Waals surface area contributed by atoms with Gasteiger partial charge in [0.1, 0.15) is 5.75 Å². The van der Waals surface area contributed by atoms with Crippen LogP contribution in [0.25, 0.3) is 11.3 Å². The highest BCUT2D eigenvalue weighted by Gasteiger charge is 2.20. The Hall–Kier alpha value is -2.96. The second-order valence-electron chi connectivity index (χ2n) is 6.50. The molecule has 0 fully saturated rings. The van der Waals surface area contributed by atoms with Gasteiger partial charge in [-0.2, -0.15) is 0 Å². The van der Waals surface area contributed by atoms with Crippen LogP contribution in [0.5, 0.6) is 5.75 Å². The van der Waals surface area contributed by atoms with Crippen molar-refractivity contribution in [1.29, 1.82) is 0 Å². The summed E-state index contributed by atoms with van der Waals surface area (Å²) in [6.07, 6.45) is 0. The first-order valence-electron chi connectivity index (χ1n) is 9.32. The van der Waals surface area contributed by atoms with Gasteiger partial charge in [-0.1, -0.05) is 93.5 Å². The molecule has 4 aromatic rings. The van der Waals surface area contributed by atoms with Gasteiger partial charge < -0.3 is 4.74 Å². The van der Waals surface area contributed by atoms with Gasteiger partial charge in [0, 0.05) is 11.1 Å². The van der Waals surface area contributed by atoms with Gasteiger partial charge in [-0.05, 0) is 23.5 Å². The van der Waals surface area contributed by atoms with Crippen LogP contribution in [0, 0.1) is 0 Å². The summed E-state index contributed by atoms with van der Waals surface area (Å²) >= 11 is 0. The van der Waals surface area contributed by atoms with E-state index in [1.165, 1.54) is 10.9 Å². The van der Waals surface area contributed by atoms with Crippen LogP contribution in [-0.2, 0) is 0 Å². The van der Waals surface area contributed by atoms with Crippen molar-refractivity contribution in [3.63, 3.8) is 0 Å². The lowest BCUT2D eigenvalue weighted by molar-refractivity contribution is 0.410. The van der Waals surface area contributed by atoms with Crippen molar-refractivity contribution < 1.29 is 4.74 Å². The zero-order valence-corrected chi connectivity index (χ0v) is 16.7. The molecule has 0 N–H and O–H groups in total. The highest BCUT2D eigenvalue weighted by atomic mass is 31.1. The van der Waals surface area contributed by atoms with E-state index >= 15 is 0 Å². The lowest BCUT2D eigenvalue weighted by Gasteiger charge is -2.20. The summed E-state index contributed by atoms with van der Waals surface area (Å²) in [5.41, 5.74) is 4.50. The number of hydrogen-bond donors (Lipinski definition) is 0. The number of para-hydroxylation sites is 1. The van der Waals surface area contributed by atoms with Crippen molar-refractivity contribution >= 4 is 13.9 Å². The minimum absolute atomic E-state index is 0.141. The third-order valence-electron chi connectivity index (χ3n) is 4.67. The van der Waals surface area contributed by atoms with Gasteiger partial charge in [0.25, 0.3) is 0 Å². The Morgan fingerprint density at radius 3 is 2.14 bits per heavy atom. The molecule has 2 nitrogen and oxygen atoms in total. The van der Waals surface area contributed by atoms with E-state index in [2.05, 4.69) is 72.8 Å². The quantitative estimate of drug-likeness (QED) is 0.390. The van der Waals surface area contributed by atoms with Gasteiger partial charge in [-0.15, -0.1) is 0 Å². The lowest BCUT2D eigenvalue weighted by Crippen LogP contribution is -2.06. The molecule has 2 atom stereocenters. The highest BCUT2D eigenvalue weighted by Crippen LogP contribution is 2.43. The number of pyridine rings is 1. The minimum Gasteiger partial charge on any atom is -0.496 e. The summed E-state index contributed by atoms with van der Waals surface area (Å²) in [6.45, 7) is 0. The number of ether oxygens (including phenoxy) is 1. The number of benzene rings is 3. The molecule has 0 amide bonds. The largest absolute Gasteiger partial charge is 0.496 e. The van der Waals surface area contributed by atoms with Crippen molar-refractivity contribution in [2.45, 2.75) is 5.66 Å². The van der Waals surface area contributed by atoms with Crippen LogP contribution in [0.3, 0.4) is 0 Å². The molecule has 1 heterocycles. The second kappa shape index (κ2) is 8.82. The molecule has 0 saturated carbocycles. The number of aromatic nitrogens is 1. The van der Waals surface area contributed by atoms with Gasteiger partial charge in [0.15, 0.2) is 0 Å². The van der Waals surface area contributed by atoms with Crippen LogP contribution in [0.2, 0.25) is 0 Å².